The molecule has 0 fully saturated rings. The van der Waals surface area contributed by atoms with Gasteiger partial charge in [0.25, 0.3) is 0 Å². The van der Waals surface area contributed by atoms with Gasteiger partial charge >= 0.3 is 6.01 Å². The second-order valence-corrected chi connectivity index (χ2v) is 1.79. The molecule has 0 saturated heterocycles. The number of nitrogens with zero attached hydrogens (tertiary/aromatic N) is 3. The van der Waals surface area contributed by atoms with Crippen molar-refractivity contribution in [2.75, 3.05) is 7.11 Å². The van der Waals surface area contributed by atoms with E-state index in [2.05, 4.69) is 23.2 Å². The van der Waals surface area contributed by atoms with Gasteiger partial charge < -0.3 is 4.74 Å². The van der Waals surface area contributed by atoms with E-state index < -0.39 is 0 Å². The Morgan fingerprint density at radius 2 is 2.27 bits per heavy atom. The molecule has 0 aliphatic rings. The molecule has 0 aliphatic heterocycles. The van der Waals surface area contributed by atoms with Crippen LogP contribution in [0.2, 0.25) is 0 Å². The van der Waals surface area contributed by atoms with Gasteiger partial charge in [0.1, 0.15) is 0 Å². The first-order valence-electron chi connectivity index (χ1n) is 3.07. The van der Waals surface area contributed by atoms with Crippen molar-refractivity contribution >= 4 is 12.3 Å². The summed E-state index contributed by atoms with van der Waals surface area (Å²) in [5.74, 6) is 0.622. The van der Waals surface area contributed by atoms with Crippen LogP contribution in [-0.4, -0.2) is 21.9 Å². The third-order valence-corrected chi connectivity index (χ3v) is 1.18. The zero-order chi connectivity index (χ0) is 8.27. The molecule has 1 aromatic heterocycles. The van der Waals surface area contributed by atoms with Crippen molar-refractivity contribution in [3.05, 3.63) is 19.0 Å². The predicted molar refractivity (Wildman–Crippen MR) is 43.1 cm³/mol. The van der Waals surface area contributed by atoms with E-state index in [0.717, 1.165) is 0 Å². The minimum atomic E-state index is 0.319. The summed E-state index contributed by atoms with van der Waals surface area (Å²) in [5, 5.41) is 3.91. The number of ether oxygens (including phenoxy) is 1. The van der Waals surface area contributed by atoms with Crippen molar-refractivity contribution in [3.8, 4) is 6.01 Å². The minimum Gasteiger partial charge on any atom is -0.466 e. The summed E-state index contributed by atoms with van der Waals surface area (Å²) in [6, 6.07) is 0.319. The number of hydrogen-bond donors (Lipinski definition) is 0. The molecule has 0 bridgehead atoms. The summed E-state index contributed by atoms with van der Waals surface area (Å²) in [7, 11) is 1.51. The molecule has 0 spiro atoms. The SMILES string of the molecule is C=Cc1nc(OC)nn1C=C. The van der Waals surface area contributed by atoms with Crippen LogP contribution in [0.25, 0.3) is 12.3 Å². The molecule has 0 aromatic carbocycles. The maximum Gasteiger partial charge on any atom is 0.336 e. The molecule has 11 heavy (non-hydrogen) atoms. The molecule has 1 aromatic rings. The lowest BCUT2D eigenvalue weighted by atomic mass is 10.6. The highest BCUT2D eigenvalue weighted by atomic mass is 16.5. The minimum absolute atomic E-state index is 0.319. The van der Waals surface area contributed by atoms with Crippen LogP contribution >= 0.6 is 0 Å². The zero-order valence-corrected chi connectivity index (χ0v) is 6.32. The first-order chi connectivity index (χ1) is 5.31. The molecule has 0 N–H and O–H groups in total. The lowest BCUT2D eigenvalue weighted by molar-refractivity contribution is 0.380. The van der Waals surface area contributed by atoms with Gasteiger partial charge in [0.05, 0.1) is 7.11 Å². The highest BCUT2D eigenvalue weighted by molar-refractivity contribution is 5.41. The lowest BCUT2D eigenvalue weighted by Gasteiger charge is -1.88. The van der Waals surface area contributed by atoms with Crippen molar-refractivity contribution in [2.24, 2.45) is 0 Å². The summed E-state index contributed by atoms with van der Waals surface area (Å²) in [5.41, 5.74) is 0. The van der Waals surface area contributed by atoms with Crippen LogP contribution in [0.3, 0.4) is 0 Å². The van der Waals surface area contributed by atoms with Gasteiger partial charge in [-0.2, -0.15) is 4.98 Å². The quantitative estimate of drug-likeness (QED) is 0.647. The van der Waals surface area contributed by atoms with Crippen LogP contribution in [0.5, 0.6) is 6.01 Å². The predicted octanol–water partition coefficient (Wildman–Crippen LogP) is 1.03. The van der Waals surface area contributed by atoms with Crippen LogP contribution in [0, 0.1) is 0 Å². The van der Waals surface area contributed by atoms with Crippen molar-refractivity contribution in [2.45, 2.75) is 0 Å². The monoisotopic (exact) mass is 151 g/mol. The first-order valence-corrected chi connectivity index (χ1v) is 3.07. The molecule has 0 aliphatic carbocycles. The molecule has 0 radical (unpaired) electrons. The molecule has 1 heterocycles. The van der Waals surface area contributed by atoms with Gasteiger partial charge in [-0.15, -0.1) is 5.10 Å². The molecule has 0 amide bonds. The Balaban J connectivity index is 3.11. The van der Waals surface area contributed by atoms with E-state index in [0.29, 0.717) is 11.8 Å². The molecule has 4 nitrogen and oxygen atoms in total. The van der Waals surface area contributed by atoms with E-state index in [-0.39, 0.29) is 0 Å². The largest absolute Gasteiger partial charge is 0.466 e. The molecule has 0 atom stereocenters. The molecule has 4 heteroatoms. The van der Waals surface area contributed by atoms with Crippen LogP contribution in [0.1, 0.15) is 5.82 Å². The van der Waals surface area contributed by atoms with Gasteiger partial charge in [-0.05, 0) is 6.08 Å². The maximum absolute atomic E-state index is 4.80. The summed E-state index contributed by atoms with van der Waals surface area (Å²) in [6.07, 6.45) is 3.11. The normalized spacial score (nSPS) is 9.18. The summed E-state index contributed by atoms with van der Waals surface area (Å²) in [4.78, 5) is 3.96. The fourth-order valence-electron chi connectivity index (χ4n) is 0.675. The smallest absolute Gasteiger partial charge is 0.336 e. The first kappa shape index (κ1) is 7.53. The molecule has 0 unspecified atom stereocenters. The lowest BCUT2D eigenvalue weighted by Crippen LogP contribution is -1.90. The summed E-state index contributed by atoms with van der Waals surface area (Å²) >= 11 is 0. The highest BCUT2D eigenvalue weighted by Crippen LogP contribution is 2.05. The summed E-state index contributed by atoms with van der Waals surface area (Å²) in [6.45, 7) is 7.10. The van der Waals surface area contributed by atoms with Crippen molar-refractivity contribution in [3.63, 3.8) is 0 Å². The Hall–Kier alpha value is -1.58. The van der Waals surface area contributed by atoms with E-state index in [1.54, 1.807) is 6.08 Å². The Bertz CT molecular complexity index is 252. The van der Waals surface area contributed by atoms with Crippen LogP contribution < -0.4 is 4.74 Å². The highest BCUT2D eigenvalue weighted by Gasteiger charge is 2.02. The Labute approximate surface area is 64.8 Å². The van der Waals surface area contributed by atoms with Gasteiger partial charge in [-0.1, -0.05) is 13.2 Å². The van der Waals surface area contributed by atoms with Crippen LogP contribution in [0.4, 0.5) is 0 Å². The van der Waals surface area contributed by atoms with Crippen molar-refractivity contribution < 1.29 is 4.74 Å². The Kier molecular flexibility index (Phi) is 2.06. The third kappa shape index (κ3) is 1.29. The average Bonchev–Trinajstić information content (AvgIpc) is 2.46. The third-order valence-electron chi connectivity index (χ3n) is 1.18. The van der Waals surface area contributed by atoms with E-state index in [9.17, 15) is 0 Å². The number of methoxy groups -OCH3 is 1. The fraction of sp³-hybridized carbons (Fsp3) is 0.143. The maximum atomic E-state index is 4.80. The molecular weight excluding hydrogens is 142 g/mol. The second-order valence-electron chi connectivity index (χ2n) is 1.79. The van der Waals surface area contributed by atoms with E-state index in [4.69, 9.17) is 4.74 Å². The van der Waals surface area contributed by atoms with Crippen LogP contribution in [-0.2, 0) is 0 Å². The summed E-state index contributed by atoms with van der Waals surface area (Å²) < 4.78 is 6.29. The molecule has 58 valence electrons. The number of hydrogen-bond acceptors (Lipinski definition) is 3. The topological polar surface area (TPSA) is 39.9 Å². The van der Waals surface area contributed by atoms with E-state index >= 15 is 0 Å². The Morgan fingerprint density at radius 3 is 2.64 bits per heavy atom. The number of rotatable bonds is 3. The fourth-order valence-corrected chi connectivity index (χ4v) is 0.675. The van der Waals surface area contributed by atoms with Gasteiger partial charge in [0.2, 0.25) is 0 Å². The molecule has 0 saturated carbocycles. The van der Waals surface area contributed by atoms with E-state index in [1.165, 1.54) is 18.0 Å². The van der Waals surface area contributed by atoms with Gasteiger partial charge in [0.15, 0.2) is 5.82 Å². The zero-order valence-electron chi connectivity index (χ0n) is 6.32. The van der Waals surface area contributed by atoms with E-state index in [1.807, 2.05) is 0 Å². The van der Waals surface area contributed by atoms with Gasteiger partial charge in [0, 0.05) is 6.20 Å². The van der Waals surface area contributed by atoms with Crippen molar-refractivity contribution in [1.82, 2.24) is 14.8 Å². The van der Waals surface area contributed by atoms with Gasteiger partial charge in [-0.3, -0.25) is 0 Å². The second kappa shape index (κ2) is 3.01. The molecule has 1 rings (SSSR count). The average molecular weight is 151 g/mol. The van der Waals surface area contributed by atoms with Crippen LogP contribution in [0.15, 0.2) is 13.2 Å². The molecular formula is C7H9N3O. The van der Waals surface area contributed by atoms with Gasteiger partial charge in [-0.25, -0.2) is 4.68 Å². The number of aromatic nitrogens is 3. The standard InChI is InChI=1S/C7H9N3O/c1-4-6-8-7(11-3)9-10(6)5-2/h4-5H,1-2H2,3H3. The van der Waals surface area contributed by atoms with Crippen molar-refractivity contribution in [1.29, 1.82) is 0 Å². The Morgan fingerprint density at radius 1 is 1.55 bits per heavy atom.